The Hall–Kier alpha value is -1.88. The second-order valence-corrected chi connectivity index (χ2v) is 5.83. The molecule has 0 saturated heterocycles. The summed E-state index contributed by atoms with van der Waals surface area (Å²) in [4.78, 5) is 16.7. The standard InChI is InChI=1S/C17H25N3O2/c1-12(2)22-10-6-8-18-16(21)11-15-14(4)19-17-13(3)7-5-9-20(15)17/h5,7,9,12H,6,8,10-11H2,1-4H3,(H,18,21). The molecule has 1 amide bonds. The number of fused-ring (bicyclic) bond motifs is 1. The van der Waals surface area contributed by atoms with E-state index in [1.54, 1.807) is 0 Å². The lowest BCUT2D eigenvalue weighted by Gasteiger charge is -2.08. The summed E-state index contributed by atoms with van der Waals surface area (Å²) in [5.74, 6) is 0.0240. The molecule has 22 heavy (non-hydrogen) atoms. The van der Waals surface area contributed by atoms with Crippen LogP contribution in [0.25, 0.3) is 5.65 Å². The van der Waals surface area contributed by atoms with Crippen molar-refractivity contribution >= 4 is 11.6 Å². The first-order chi connectivity index (χ1) is 10.5. The average molecular weight is 303 g/mol. The molecule has 2 heterocycles. The second-order valence-electron chi connectivity index (χ2n) is 5.83. The molecule has 2 aromatic heterocycles. The van der Waals surface area contributed by atoms with Crippen LogP contribution in [0.1, 0.15) is 37.2 Å². The fourth-order valence-electron chi connectivity index (χ4n) is 2.41. The Morgan fingerprint density at radius 2 is 2.18 bits per heavy atom. The number of amides is 1. The highest BCUT2D eigenvalue weighted by molar-refractivity contribution is 5.78. The van der Waals surface area contributed by atoms with Crippen molar-refractivity contribution in [1.82, 2.24) is 14.7 Å². The van der Waals surface area contributed by atoms with Crippen LogP contribution in [0.2, 0.25) is 0 Å². The number of nitrogens with zero attached hydrogens (tertiary/aromatic N) is 2. The lowest BCUT2D eigenvalue weighted by molar-refractivity contribution is -0.120. The number of imidazole rings is 1. The number of pyridine rings is 1. The minimum Gasteiger partial charge on any atom is -0.379 e. The van der Waals surface area contributed by atoms with Crippen molar-refractivity contribution in [3.05, 3.63) is 35.3 Å². The van der Waals surface area contributed by atoms with Crippen LogP contribution in [0.5, 0.6) is 0 Å². The number of nitrogens with one attached hydrogen (secondary N) is 1. The van der Waals surface area contributed by atoms with Gasteiger partial charge in [-0.2, -0.15) is 0 Å². The number of aromatic nitrogens is 2. The van der Waals surface area contributed by atoms with E-state index in [2.05, 4.69) is 10.3 Å². The number of carbonyl (C=O) groups is 1. The summed E-state index contributed by atoms with van der Waals surface area (Å²) in [6, 6.07) is 4.01. The molecule has 1 N–H and O–H groups in total. The molecular formula is C17H25N3O2. The Morgan fingerprint density at radius 3 is 2.91 bits per heavy atom. The van der Waals surface area contributed by atoms with Gasteiger partial charge < -0.3 is 14.5 Å². The maximum Gasteiger partial charge on any atom is 0.226 e. The first-order valence-electron chi connectivity index (χ1n) is 7.80. The molecule has 0 aliphatic carbocycles. The van der Waals surface area contributed by atoms with Crippen molar-refractivity contribution in [2.24, 2.45) is 0 Å². The van der Waals surface area contributed by atoms with Gasteiger partial charge in [0.05, 0.1) is 23.9 Å². The Kier molecular flexibility index (Phi) is 5.55. The Labute approximate surface area is 131 Å². The van der Waals surface area contributed by atoms with E-state index in [-0.39, 0.29) is 12.0 Å². The summed E-state index contributed by atoms with van der Waals surface area (Å²) in [6.45, 7) is 9.31. The van der Waals surface area contributed by atoms with Crippen molar-refractivity contribution in [3.63, 3.8) is 0 Å². The summed E-state index contributed by atoms with van der Waals surface area (Å²) in [5.41, 5.74) is 3.90. The smallest absolute Gasteiger partial charge is 0.226 e. The molecule has 5 nitrogen and oxygen atoms in total. The van der Waals surface area contributed by atoms with Crippen molar-refractivity contribution in [2.75, 3.05) is 13.2 Å². The lowest BCUT2D eigenvalue weighted by Crippen LogP contribution is -2.27. The predicted molar refractivity (Wildman–Crippen MR) is 87.1 cm³/mol. The molecule has 120 valence electrons. The van der Waals surface area contributed by atoms with Crippen LogP contribution in [0.15, 0.2) is 18.3 Å². The number of aryl methyl sites for hydroxylation is 2. The molecule has 5 heteroatoms. The van der Waals surface area contributed by atoms with E-state index in [1.165, 1.54) is 0 Å². The zero-order valence-corrected chi connectivity index (χ0v) is 13.8. The van der Waals surface area contributed by atoms with Gasteiger partial charge in [-0.05, 0) is 45.7 Å². The molecule has 0 fully saturated rings. The predicted octanol–water partition coefficient (Wildman–Crippen LogP) is 2.42. The van der Waals surface area contributed by atoms with Crippen LogP contribution in [0.4, 0.5) is 0 Å². The fraction of sp³-hybridized carbons (Fsp3) is 0.529. The molecular weight excluding hydrogens is 278 g/mol. The molecule has 0 aromatic carbocycles. The third kappa shape index (κ3) is 4.07. The van der Waals surface area contributed by atoms with Gasteiger partial charge in [-0.25, -0.2) is 4.98 Å². The van der Waals surface area contributed by atoms with E-state index in [1.807, 2.05) is 50.4 Å². The van der Waals surface area contributed by atoms with Crippen molar-refractivity contribution < 1.29 is 9.53 Å². The highest BCUT2D eigenvalue weighted by atomic mass is 16.5. The van der Waals surface area contributed by atoms with Crippen LogP contribution in [-0.4, -0.2) is 34.5 Å². The molecule has 0 aliphatic heterocycles. The average Bonchev–Trinajstić information content (AvgIpc) is 2.76. The monoisotopic (exact) mass is 303 g/mol. The Bertz CT molecular complexity index is 647. The van der Waals surface area contributed by atoms with Crippen molar-refractivity contribution in [2.45, 2.75) is 46.6 Å². The van der Waals surface area contributed by atoms with Crippen LogP contribution in [0, 0.1) is 13.8 Å². The molecule has 0 saturated carbocycles. The minimum atomic E-state index is 0.0240. The highest BCUT2D eigenvalue weighted by Crippen LogP contribution is 2.15. The fourth-order valence-corrected chi connectivity index (χ4v) is 2.41. The van der Waals surface area contributed by atoms with Gasteiger partial charge in [-0.15, -0.1) is 0 Å². The van der Waals surface area contributed by atoms with Gasteiger partial charge in [0.1, 0.15) is 5.65 Å². The largest absolute Gasteiger partial charge is 0.379 e. The maximum absolute atomic E-state index is 12.1. The van der Waals surface area contributed by atoms with Gasteiger partial charge in [-0.3, -0.25) is 4.79 Å². The molecule has 0 spiro atoms. The molecule has 2 rings (SSSR count). The van der Waals surface area contributed by atoms with Crippen molar-refractivity contribution in [1.29, 1.82) is 0 Å². The molecule has 0 bridgehead atoms. The number of hydrogen-bond acceptors (Lipinski definition) is 3. The van der Waals surface area contributed by atoms with Gasteiger partial charge in [0.25, 0.3) is 0 Å². The summed E-state index contributed by atoms with van der Waals surface area (Å²) in [6.07, 6.45) is 3.37. The number of ether oxygens (including phenoxy) is 1. The van der Waals surface area contributed by atoms with E-state index in [9.17, 15) is 4.79 Å². The Morgan fingerprint density at radius 1 is 1.41 bits per heavy atom. The molecule has 2 aromatic rings. The van der Waals surface area contributed by atoms with Gasteiger partial charge in [0, 0.05) is 19.3 Å². The SMILES string of the molecule is Cc1nc2c(C)cccn2c1CC(=O)NCCCOC(C)C. The van der Waals surface area contributed by atoms with Gasteiger partial charge in [0.15, 0.2) is 0 Å². The van der Waals surface area contributed by atoms with Crippen LogP contribution in [0.3, 0.4) is 0 Å². The van der Waals surface area contributed by atoms with E-state index < -0.39 is 0 Å². The molecule has 0 atom stereocenters. The topological polar surface area (TPSA) is 55.6 Å². The number of carbonyl (C=O) groups excluding carboxylic acids is 1. The zero-order valence-electron chi connectivity index (χ0n) is 13.8. The van der Waals surface area contributed by atoms with E-state index in [0.29, 0.717) is 19.6 Å². The van der Waals surface area contributed by atoms with E-state index in [0.717, 1.165) is 29.0 Å². The maximum atomic E-state index is 12.1. The molecule has 0 aliphatic rings. The second kappa shape index (κ2) is 7.40. The number of hydrogen-bond donors (Lipinski definition) is 1. The van der Waals surface area contributed by atoms with Gasteiger partial charge in [-0.1, -0.05) is 6.07 Å². The Balaban J connectivity index is 1.92. The summed E-state index contributed by atoms with van der Waals surface area (Å²) in [7, 11) is 0. The third-order valence-electron chi connectivity index (χ3n) is 3.57. The lowest BCUT2D eigenvalue weighted by atomic mass is 10.2. The normalized spacial score (nSPS) is 11.3. The van der Waals surface area contributed by atoms with Gasteiger partial charge >= 0.3 is 0 Å². The summed E-state index contributed by atoms with van der Waals surface area (Å²) >= 11 is 0. The first-order valence-corrected chi connectivity index (χ1v) is 7.80. The van der Waals surface area contributed by atoms with E-state index >= 15 is 0 Å². The van der Waals surface area contributed by atoms with Crippen LogP contribution >= 0.6 is 0 Å². The quantitative estimate of drug-likeness (QED) is 0.799. The molecule has 0 unspecified atom stereocenters. The van der Waals surface area contributed by atoms with E-state index in [4.69, 9.17) is 4.74 Å². The van der Waals surface area contributed by atoms with Crippen LogP contribution < -0.4 is 5.32 Å². The minimum absolute atomic E-state index is 0.0240. The molecule has 0 radical (unpaired) electrons. The number of rotatable bonds is 7. The summed E-state index contributed by atoms with van der Waals surface area (Å²) < 4.78 is 7.46. The van der Waals surface area contributed by atoms with Crippen molar-refractivity contribution in [3.8, 4) is 0 Å². The highest BCUT2D eigenvalue weighted by Gasteiger charge is 2.13. The third-order valence-corrected chi connectivity index (χ3v) is 3.57. The van der Waals surface area contributed by atoms with Gasteiger partial charge in [0.2, 0.25) is 5.91 Å². The zero-order chi connectivity index (χ0) is 16.1. The summed E-state index contributed by atoms with van der Waals surface area (Å²) in [5, 5.41) is 2.94. The first kappa shape index (κ1) is 16.5. The van der Waals surface area contributed by atoms with Crippen LogP contribution in [-0.2, 0) is 16.0 Å².